The molecule has 0 spiro atoms. The normalized spacial score (nSPS) is 10.5. The average molecular weight is 383 g/mol. The van der Waals surface area contributed by atoms with Crippen molar-refractivity contribution in [3.05, 3.63) is 76.6 Å². The number of aromatic nitrogens is 2. The highest BCUT2D eigenvalue weighted by atomic mass is 35.5. The van der Waals surface area contributed by atoms with E-state index in [-0.39, 0.29) is 0 Å². The van der Waals surface area contributed by atoms with Gasteiger partial charge in [0, 0.05) is 24.2 Å². The van der Waals surface area contributed by atoms with Crippen LogP contribution >= 0.6 is 11.6 Å². The lowest BCUT2D eigenvalue weighted by Crippen LogP contribution is -2.09. The second-order valence-corrected chi connectivity index (χ2v) is 6.63. The van der Waals surface area contributed by atoms with E-state index in [4.69, 9.17) is 16.3 Å². The molecule has 0 amide bonds. The zero-order valence-corrected chi connectivity index (χ0v) is 16.3. The molecule has 2 N–H and O–H groups in total. The fourth-order valence-electron chi connectivity index (χ4n) is 2.67. The van der Waals surface area contributed by atoms with Crippen LogP contribution in [0.2, 0.25) is 5.02 Å². The summed E-state index contributed by atoms with van der Waals surface area (Å²) in [5.41, 5.74) is 2.39. The molecule has 2 aromatic carbocycles. The van der Waals surface area contributed by atoms with Gasteiger partial charge in [0.2, 0.25) is 0 Å². The number of aryl methyl sites for hydroxylation is 1. The van der Waals surface area contributed by atoms with E-state index in [1.54, 1.807) is 7.11 Å². The van der Waals surface area contributed by atoms with Crippen LogP contribution in [0.25, 0.3) is 0 Å². The Bertz CT molecular complexity index is 866. The summed E-state index contributed by atoms with van der Waals surface area (Å²) >= 11 is 5.92. The molecule has 0 bridgehead atoms. The van der Waals surface area contributed by atoms with Gasteiger partial charge in [-0.3, -0.25) is 0 Å². The molecular formula is C21H23ClN4O. The van der Waals surface area contributed by atoms with Crippen molar-refractivity contribution in [1.29, 1.82) is 0 Å². The fraction of sp³-hybridized carbons (Fsp3) is 0.238. The number of hydrogen-bond donors (Lipinski definition) is 2. The van der Waals surface area contributed by atoms with Gasteiger partial charge in [-0.05, 0) is 48.7 Å². The van der Waals surface area contributed by atoms with Gasteiger partial charge in [0.15, 0.2) is 0 Å². The van der Waals surface area contributed by atoms with Gasteiger partial charge in [-0.25, -0.2) is 9.97 Å². The third-order valence-corrected chi connectivity index (χ3v) is 4.36. The van der Waals surface area contributed by atoms with Crippen LogP contribution < -0.4 is 15.4 Å². The summed E-state index contributed by atoms with van der Waals surface area (Å²) in [6.07, 6.45) is 0.903. The zero-order valence-electron chi connectivity index (χ0n) is 15.5. The summed E-state index contributed by atoms with van der Waals surface area (Å²) in [5.74, 6) is 3.21. The van der Waals surface area contributed by atoms with Gasteiger partial charge in [-0.2, -0.15) is 0 Å². The summed E-state index contributed by atoms with van der Waals surface area (Å²) in [6, 6.07) is 17.8. The predicted molar refractivity (Wildman–Crippen MR) is 111 cm³/mol. The number of nitrogens with one attached hydrogen (secondary N) is 2. The Morgan fingerprint density at radius 2 is 1.52 bits per heavy atom. The van der Waals surface area contributed by atoms with Crippen molar-refractivity contribution in [2.75, 3.05) is 24.3 Å². The van der Waals surface area contributed by atoms with E-state index in [1.165, 1.54) is 5.56 Å². The Kier molecular flexibility index (Phi) is 6.49. The van der Waals surface area contributed by atoms with E-state index in [2.05, 4.69) is 32.7 Å². The number of hydrogen-bond acceptors (Lipinski definition) is 5. The monoisotopic (exact) mass is 382 g/mol. The highest BCUT2D eigenvalue weighted by Gasteiger charge is 2.03. The molecular weight excluding hydrogens is 360 g/mol. The Balaban J connectivity index is 1.55. The van der Waals surface area contributed by atoms with Crippen molar-refractivity contribution in [3.63, 3.8) is 0 Å². The predicted octanol–water partition coefficient (Wildman–Crippen LogP) is 4.71. The number of methoxy groups -OCH3 is 1. The zero-order chi connectivity index (χ0) is 19.1. The largest absolute Gasteiger partial charge is 0.497 e. The van der Waals surface area contributed by atoms with Crippen LogP contribution in [0.15, 0.2) is 54.6 Å². The average Bonchev–Trinajstić information content (AvgIpc) is 2.68. The maximum absolute atomic E-state index is 5.92. The van der Waals surface area contributed by atoms with Gasteiger partial charge in [0.05, 0.1) is 7.11 Å². The van der Waals surface area contributed by atoms with Crippen LogP contribution in [0, 0.1) is 6.92 Å². The van der Waals surface area contributed by atoms with E-state index >= 15 is 0 Å². The Morgan fingerprint density at radius 1 is 0.889 bits per heavy atom. The van der Waals surface area contributed by atoms with E-state index in [9.17, 15) is 0 Å². The first-order valence-electron chi connectivity index (χ1n) is 8.83. The fourth-order valence-corrected chi connectivity index (χ4v) is 2.80. The first-order valence-corrected chi connectivity index (χ1v) is 9.21. The lowest BCUT2D eigenvalue weighted by molar-refractivity contribution is 0.414. The van der Waals surface area contributed by atoms with Gasteiger partial charge in [-0.1, -0.05) is 35.9 Å². The highest BCUT2D eigenvalue weighted by Crippen LogP contribution is 2.15. The van der Waals surface area contributed by atoms with Crippen LogP contribution in [0.4, 0.5) is 11.6 Å². The Hall–Kier alpha value is -2.79. The number of nitrogens with zero attached hydrogens (tertiary/aromatic N) is 2. The van der Waals surface area contributed by atoms with Crippen molar-refractivity contribution in [2.24, 2.45) is 0 Å². The number of benzene rings is 2. The van der Waals surface area contributed by atoms with E-state index in [0.29, 0.717) is 6.54 Å². The van der Waals surface area contributed by atoms with E-state index < -0.39 is 0 Å². The lowest BCUT2D eigenvalue weighted by atomic mass is 10.1. The standard InChI is InChI=1S/C21H23ClN4O/c1-15-25-20(23-12-11-16-5-9-19(27-2)10-6-16)13-21(26-15)24-14-17-3-7-18(22)8-4-17/h3-10,13H,11-12,14H2,1-2H3,(H2,23,24,25,26). The third kappa shape index (κ3) is 5.86. The number of ether oxygens (including phenoxy) is 1. The molecule has 3 rings (SSSR count). The lowest BCUT2D eigenvalue weighted by Gasteiger charge is -2.11. The van der Waals surface area contributed by atoms with Crippen LogP contribution in [0.5, 0.6) is 5.75 Å². The summed E-state index contributed by atoms with van der Waals surface area (Å²) in [6.45, 7) is 3.36. The minimum atomic E-state index is 0.679. The van der Waals surface area contributed by atoms with Gasteiger partial charge < -0.3 is 15.4 Å². The minimum Gasteiger partial charge on any atom is -0.497 e. The molecule has 0 aliphatic heterocycles. The molecule has 0 atom stereocenters. The molecule has 0 saturated carbocycles. The van der Waals surface area contributed by atoms with Crippen molar-refractivity contribution in [2.45, 2.75) is 19.9 Å². The number of rotatable bonds is 8. The van der Waals surface area contributed by atoms with Gasteiger partial charge >= 0.3 is 0 Å². The van der Waals surface area contributed by atoms with Crippen LogP contribution in [-0.2, 0) is 13.0 Å². The molecule has 0 fully saturated rings. The van der Waals surface area contributed by atoms with Crippen molar-refractivity contribution < 1.29 is 4.74 Å². The quantitative estimate of drug-likeness (QED) is 0.590. The first-order chi connectivity index (χ1) is 13.1. The minimum absolute atomic E-state index is 0.679. The molecule has 5 nitrogen and oxygen atoms in total. The Morgan fingerprint density at radius 3 is 2.19 bits per heavy atom. The van der Waals surface area contributed by atoms with Gasteiger partial charge in [0.25, 0.3) is 0 Å². The van der Waals surface area contributed by atoms with Crippen molar-refractivity contribution in [3.8, 4) is 5.75 Å². The molecule has 0 aliphatic carbocycles. The van der Waals surface area contributed by atoms with Crippen molar-refractivity contribution in [1.82, 2.24) is 9.97 Å². The smallest absolute Gasteiger partial charge is 0.132 e. The maximum Gasteiger partial charge on any atom is 0.132 e. The molecule has 1 aromatic heterocycles. The molecule has 0 radical (unpaired) electrons. The SMILES string of the molecule is COc1ccc(CCNc2cc(NCc3ccc(Cl)cc3)nc(C)n2)cc1. The third-order valence-electron chi connectivity index (χ3n) is 4.10. The Labute approximate surface area is 164 Å². The maximum atomic E-state index is 5.92. The number of halogens is 1. The second-order valence-electron chi connectivity index (χ2n) is 6.19. The van der Waals surface area contributed by atoms with E-state index in [0.717, 1.165) is 46.8 Å². The van der Waals surface area contributed by atoms with Gasteiger partial charge in [0.1, 0.15) is 23.2 Å². The molecule has 0 saturated heterocycles. The van der Waals surface area contributed by atoms with Crippen LogP contribution in [-0.4, -0.2) is 23.6 Å². The van der Waals surface area contributed by atoms with E-state index in [1.807, 2.05) is 49.4 Å². The summed E-state index contributed by atoms with van der Waals surface area (Å²) in [7, 11) is 1.67. The van der Waals surface area contributed by atoms with Crippen LogP contribution in [0.1, 0.15) is 17.0 Å². The number of anilines is 2. The van der Waals surface area contributed by atoms with Gasteiger partial charge in [-0.15, -0.1) is 0 Å². The molecule has 1 heterocycles. The first kappa shape index (κ1) is 19.0. The summed E-state index contributed by atoms with van der Waals surface area (Å²) < 4.78 is 5.18. The second kappa shape index (κ2) is 9.24. The van der Waals surface area contributed by atoms with Crippen molar-refractivity contribution >= 4 is 23.2 Å². The summed E-state index contributed by atoms with van der Waals surface area (Å²) in [5, 5.41) is 7.44. The molecule has 6 heteroatoms. The summed E-state index contributed by atoms with van der Waals surface area (Å²) in [4.78, 5) is 8.91. The molecule has 0 aliphatic rings. The van der Waals surface area contributed by atoms with Crippen LogP contribution in [0.3, 0.4) is 0 Å². The topological polar surface area (TPSA) is 59.1 Å². The molecule has 0 unspecified atom stereocenters. The molecule has 140 valence electrons. The molecule has 27 heavy (non-hydrogen) atoms. The molecule has 3 aromatic rings. The highest BCUT2D eigenvalue weighted by molar-refractivity contribution is 6.30.